The molecule has 0 aliphatic carbocycles. The Hall–Kier alpha value is -1.51. The quantitative estimate of drug-likeness (QED) is 0.712. The van der Waals surface area contributed by atoms with Crippen molar-refractivity contribution < 1.29 is 9.53 Å². The zero-order valence-corrected chi connectivity index (χ0v) is 7.62. The van der Waals surface area contributed by atoms with Gasteiger partial charge in [0, 0.05) is 6.42 Å². The Kier molecular flexibility index (Phi) is 3.82. The summed E-state index contributed by atoms with van der Waals surface area (Å²) in [5, 5.41) is 2.62. The summed E-state index contributed by atoms with van der Waals surface area (Å²) in [6.45, 7) is 2.04. The van der Waals surface area contributed by atoms with Crippen molar-refractivity contribution in [1.29, 1.82) is 0 Å². The van der Waals surface area contributed by atoms with Crippen molar-refractivity contribution in [1.82, 2.24) is 5.32 Å². The Morgan fingerprint density at radius 1 is 1.38 bits per heavy atom. The van der Waals surface area contributed by atoms with Crippen LogP contribution in [-0.2, 0) is 4.79 Å². The van der Waals surface area contributed by atoms with E-state index in [-0.39, 0.29) is 12.6 Å². The summed E-state index contributed by atoms with van der Waals surface area (Å²) >= 11 is 0. The zero-order valence-electron chi connectivity index (χ0n) is 7.62. The molecule has 0 bridgehead atoms. The van der Waals surface area contributed by atoms with Gasteiger partial charge in [-0.3, -0.25) is 4.79 Å². The van der Waals surface area contributed by atoms with E-state index in [2.05, 4.69) is 5.32 Å². The van der Waals surface area contributed by atoms with Crippen molar-refractivity contribution in [3.63, 3.8) is 0 Å². The number of benzene rings is 1. The first kappa shape index (κ1) is 9.58. The molecule has 3 heteroatoms. The van der Waals surface area contributed by atoms with Gasteiger partial charge in [-0.25, -0.2) is 0 Å². The van der Waals surface area contributed by atoms with Crippen LogP contribution in [0.15, 0.2) is 30.3 Å². The van der Waals surface area contributed by atoms with E-state index in [1.54, 1.807) is 6.92 Å². The fourth-order valence-electron chi connectivity index (χ4n) is 0.842. The third-order valence-electron chi connectivity index (χ3n) is 1.57. The monoisotopic (exact) mass is 179 g/mol. The summed E-state index contributed by atoms with van der Waals surface area (Å²) < 4.78 is 5.25. The summed E-state index contributed by atoms with van der Waals surface area (Å²) in [6.07, 6.45) is 0.484. The van der Waals surface area contributed by atoms with Gasteiger partial charge in [0.2, 0.25) is 5.91 Å². The van der Waals surface area contributed by atoms with Crippen LogP contribution >= 0.6 is 0 Å². The Balaban J connectivity index is 2.24. The normalized spacial score (nSPS) is 9.31. The molecule has 1 amide bonds. The third-order valence-corrected chi connectivity index (χ3v) is 1.57. The van der Waals surface area contributed by atoms with Gasteiger partial charge in [0.15, 0.2) is 6.73 Å². The topological polar surface area (TPSA) is 38.3 Å². The molecule has 13 heavy (non-hydrogen) atoms. The highest BCUT2D eigenvalue weighted by Gasteiger charge is 1.95. The number of carbonyl (C=O) groups is 1. The van der Waals surface area contributed by atoms with Gasteiger partial charge in [-0.2, -0.15) is 0 Å². The minimum absolute atomic E-state index is 0.00377. The van der Waals surface area contributed by atoms with Crippen molar-refractivity contribution in [2.75, 3.05) is 6.73 Å². The van der Waals surface area contributed by atoms with Crippen molar-refractivity contribution >= 4 is 5.91 Å². The Labute approximate surface area is 77.7 Å². The number of hydrogen-bond donors (Lipinski definition) is 1. The molecule has 0 fully saturated rings. The van der Waals surface area contributed by atoms with Gasteiger partial charge in [-0.1, -0.05) is 25.1 Å². The summed E-state index contributed by atoms with van der Waals surface area (Å²) in [5.41, 5.74) is 0. The van der Waals surface area contributed by atoms with Crippen LogP contribution in [0.2, 0.25) is 0 Å². The third kappa shape index (κ3) is 3.60. The minimum atomic E-state index is -0.00377. The largest absolute Gasteiger partial charge is 0.473 e. The van der Waals surface area contributed by atoms with Crippen LogP contribution in [0, 0.1) is 0 Å². The van der Waals surface area contributed by atoms with Gasteiger partial charge in [-0.05, 0) is 12.1 Å². The fraction of sp³-hybridized carbons (Fsp3) is 0.300. The molecule has 70 valence electrons. The molecule has 0 saturated carbocycles. The molecule has 1 N–H and O–H groups in total. The first-order valence-corrected chi connectivity index (χ1v) is 4.27. The first-order chi connectivity index (χ1) is 6.33. The Bertz CT molecular complexity index is 259. The molecular formula is C10H13NO2. The van der Waals surface area contributed by atoms with E-state index in [1.165, 1.54) is 0 Å². The molecule has 0 unspecified atom stereocenters. The van der Waals surface area contributed by atoms with E-state index in [0.29, 0.717) is 6.42 Å². The fourth-order valence-corrected chi connectivity index (χ4v) is 0.842. The van der Waals surface area contributed by atoms with E-state index in [4.69, 9.17) is 4.74 Å². The molecule has 0 saturated heterocycles. The number of ether oxygens (including phenoxy) is 1. The molecular weight excluding hydrogens is 166 g/mol. The maximum absolute atomic E-state index is 10.8. The second-order valence-electron chi connectivity index (χ2n) is 2.56. The maximum atomic E-state index is 10.8. The van der Waals surface area contributed by atoms with Gasteiger partial charge in [0.1, 0.15) is 5.75 Å². The second-order valence-corrected chi connectivity index (χ2v) is 2.56. The van der Waals surface area contributed by atoms with Crippen LogP contribution in [0.25, 0.3) is 0 Å². The second kappa shape index (κ2) is 5.19. The molecule has 0 atom stereocenters. The molecule has 0 aromatic heterocycles. The number of nitrogens with one attached hydrogen (secondary N) is 1. The van der Waals surface area contributed by atoms with E-state index in [9.17, 15) is 4.79 Å². The van der Waals surface area contributed by atoms with Crippen LogP contribution < -0.4 is 10.1 Å². The van der Waals surface area contributed by atoms with E-state index >= 15 is 0 Å². The lowest BCUT2D eigenvalue weighted by atomic mass is 10.3. The van der Waals surface area contributed by atoms with Crippen LogP contribution in [0.3, 0.4) is 0 Å². The molecule has 0 radical (unpaired) electrons. The Morgan fingerprint density at radius 3 is 2.69 bits per heavy atom. The molecule has 1 aromatic carbocycles. The average molecular weight is 179 g/mol. The zero-order chi connectivity index (χ0) is 9.52. The van der Waals surface area contributed by atoms with Crippen molar-refractivity contribution in [2.45, 2.75) is 13.3 Å². The molecule has 0 heterocycles. The first-order valence-electron chi connectivity index (χ1n) is 4.27. The van der Waals surface area contributed by atoms with Crippen molar-refractivity contribution in [3.05, 3.63) is 30.3 Å². The predicted octanol–water partition coefficient (Wildman–Crippen LogP) is 1.55. The van der Waals surface area contributed by atoms with Gasteiger partial charge in [0.25, 0.3) is 0 Å². The molecule has 0 aliphatic heterocycles. The summed E-state index contributed by atoms with van der Waals surface area (Å²) in [6, 6.07) is 9.38. The Morgan fingerprint density at radius 2 is 2.08 bits per heavy atom. The van der Waals surface area contributed by atoms with Gasteiger partial charge < -0.3 is 10.1 Å². The highest BCUT2D eigenvalue weighted by atomic mass is 16.5. The van der Waals surface area contributed by atoms with Gasteiger partial charge in [0.05, 0.1) is 0 Å². The van der Waals surface area contributed by atoms with E-state index in [0.717, 1.165) is 5.75 Å². The highest BCUT2D eigenvalue weighted by molar-refractivity contribution is 5.75. The highest BCUT2D eigenvalue weighted by Crippen LogP contribution is 2.06. The average Bonchev–Trinajstić information content (AvgIpc) is 2.19. The van der Waals surface area contributed by atoms with Crippen molar-refractivity contribution in [2.24, 2.45) is 0 Å². The van der Waals surface area contributed by atoms with Gasteiger partial charge in [-0.15, -0.1) is 0 Å². The minimum Gasteiger partial charge on any atom is -0.473 e. The SMILES string of the molecule is CCC(=O)NCOc1ccccc1. The number of rotatable bonds is 4. The van der Waals surface area contributed by atoms with Crippen LogP contribution in [-0.4, -0.2) is 12.6 Å². The number of amides is 1. The number of para-hydroxylation sites is 1. The lowest BCUT2D eigenvalue weighted by Gasteiger charge is -2.06. The molecule has 1 rings (SSSR count). The summed E-state index contributed by atoms with van der Waals surface area (Å²) in [7, 11) is 0. The lowest BCUT2D eigenvalue weighted by molar-refractivity contribution is -0.121. The molecule has 0 spiro atoms. The van der Waals surface area contributed by atoms with Crippen LogP contribution in [0.5, 0.6) is 5.75 Å². The van der Waals surface area contributed by atoms with Crippen molar-refractivity contribution in [3.8, 4) is 5.75 Å². The molecule has 1 aromatic rings. The number of carbonyl (C=O) groups excluding carboxylic acids is 1. The predicted molar refractivity (Wildman–Crippen MR) is 50.4 cm³/mol. The molecule has 3 nitrogen and oxygen atoms in total. The van der Waals surface area contributed by atoms with E-state index in [1.807, 2.05) is 30.3 Å². The lowest BCUT2D eigenvalue weighted by Crippen LogP contribution is -2.26. The molecule has 0 aliphatic rings. The van der Waals surface area contributed by atoms with Crippen LogP contribution in [0.1, 0.15) is 13.3 Å². The van der Waals surface area contributed by atoms with Gasteiger partial charge >= 0.3 is 0 Å². The summed E-state index contributed by atoms with van der Waals surface area (Å²) in [5.74, 6) is 0.759. The standard InChI is InChI=1S/C10H13NO2/c1-2-10(12)11-8-13-9-6-4-3-5-7-9/h3-7H,2,8H2,1H3,(H,11,12). The summed E-state index contributed by atoms with van der Waals surface area (Å²) in [4.78, 5) is 10.8. The van der Waals surface area contributed by atoms with Crippen LogP contribution in [0.4, 0.5) is 0 Å². The number of hydrogen-bond acceptors (Lipinski definition) is 2. The maximum Gasteiger partial charge on any atom is 0.222 e. The smallest absolute Gasteiger partial charge is 0.222 e. The van der Waals surface area contributed by atoms with E-state index < -0.39 is 0 Å².